The number of hydrogen-bond donors (Lipinski definition) is 1. The molecule has 0 radical (unpaired) electrons. The molecule has 0 amide bonds. The first-order valence-corrected chi connectivity index (χ1v) is 8.84. The van der Waals surface area contributed by atoms with Crippen molar-refractivity contribution in [2.75, 3.05) is 12.0 Å². The summed E-state index contributed by atoms with van der Waals surface area (Å²) in [6.45, 7) is 7.25. The Kier molecular flexibility index (Phi) is 3.64. The molecule has 0 spiro atoms. The van der Waals surface area contributed by atoms with Gasteiger partial charge in [0.25, 0.3) is 0 Å². The van der Waals surface area contributed by atoms with Gasteiger partial charge in [0.15, 0.2) is 0 Å². The van der Waals surface area contributed by atoms with Crippen molar-refractivity contribution >= 4 is 28.6 Å². The Morgan fingerprint density at radius 1 is 1.19 bits per heavy atom. The van der Waals surface area contributed by atoms with Gasteiger partial charge in [0, 0.05) is 17.0 Å². The highest BCUT2D eigenvalue weighted by Crippen LogP contribution is 2.43. The van der Waals surface area contributed by atoms with Crippen LogP contribution in [0.5, 0.6) is 0 Å². The van der Waals surface area contributed by atoms with Crippen LogP contribution in [-0.4, -0.2) is 25.5 Å². The van der Waals surface area contributed by atoms with Gasteiger partial charge in [0.2, 0.25) is 0 Å². The van der Waals surface area contributed by atoms with Crippen molar-refractivity contribution in [1.82, 2.24) is 14.5 Å². The third-order valence-corrected chi connectivity index (χ3v) is 6.41. The first-order chi connectivity index (χ1) is 9.97. The Balaban J connectivity index is 2.16. The number of aryl methyl sites for hydroxylation is 2. The van der Waals surface area contributed by atoms with Crippen LogP contribution in [0.2, 0.25) is 0 Å². The molecule has 3 rings (SSSR count). The largest absolute Gasteiger partial charge is 0.383 e. The van der Waals surface area contributed by atoms with Gasteiger partial charge < -0.3 is 10.3 Å². The number of rotatable bonds is 3. The van der Waals surface area contributed by atoms with Gasteiger partial charge >= 0.3 is 0 Å². The minimum Gasteiger partial charge on any atom is -0.383 e. The van der Waals surface area contributed by atoms with E-state index in [0.29, 0.717) is 10.6 Å². The fourth-order valence-corrected chi connectivity index (χ4v) is 4.56. The van der Waals surface area contributed by atoms with Crippen LogP contribution in [0.4, 0.5) is 5.82 Å². The van der Waals surface area contributed by atoms with E-state index < -0.39 is 0 Å². The van der Waals surface area contributed by atoms with Crippen molar-refractivity contribution in [3.8, 4) is 0 Å². The van der Waals surface area contributed by atoms with E-state index in [1.807, 2.05) is 18.7 Å². The summed E-state index contributed by atoms with van der Waals surface area (Å²) in [5, 5.41) is 1.03. The van der Waals surface area contributed by atoms with Crippen LogP contribution in [0.15, 0.2) is 0 Å². The van der Waals surface area contributed by atoms with E-state index in [1.165, 1.54) is 36.9 Å². The molecule has 2 aromatic rings. The maximum absolute atomic E-state index is 6.14. The molecule has 2 aromatic heterocycles. The lowest BCUT2D eigenvalue weighted by molar-refractivity contribution is 0.507. The molecule has 0 aromatic carbocycles. The number of nitrogens with two attached hydrogens (primary N) is 1. The molecule has 1 fully saturated rings. The summed E-state index contributed by atoms with van der Waals surface area (Å²) >= 11 is 2.01. The summed E-state index contributed by atoms with van der Waals surface area (Å²) < 4.78 is 2.73. The second-order valence-electron chi connectivity index (χ2n) is 6.25. The summed E-state index contributed by atoms with van der Waals surface area (Å²) in [4.78, 5) is 9.02. The van der Waals surface area contributed by atoms with Crippen molar-refractivity contribution in [2.24, 2.45) is 0 Å². The van der Waals surface area contributed by atoms with Crippen LogP contribution in [0.25, 0.3) is 11.0 Å². The molecule has 1 aliphatic rings. The monoisotopic (exact) mass is 304 g/mol. The molecule has 0 bridgehead atoms. The third kappa shape index (κ3) is 2.31. The standard InChI is InChI=1S/C16H24N4S/c1-10-11(2)20(9-16(21-4)7-5-6-8-16)15-13(10)14(17)18-12(3)19-15/h5-9H2,1-4H3,(H2,17,18,19). The zero-order chi connectivity index (χ0) is 15.2. The van der Waals surface area contributed by atoms with E-state index in [2.05, 4.69) is 34.6 Å². The fourth-order valence-electron chi connectivity index (χ4n) is 3.60. The van der Waals surface area contributed by atoms with Crippen LogP contribution < -0.4 is 5.73 Å². The van der Waals surface area contributed by atoms with E-state index >= 15 is 0 Å². The van der Waals surface area contributed by atoms with Gasteiger partial charge in [0.1, 0.15) is 17.3 Å². The maximum atomic E-state index is 6.14. The molecular weight excluding hydrogens is 280 g/mol. The maximum Gasteiger partial charge on any atom is 0.146 e. The number of fused-ring (bicyclic) bond motifs is 1. The van der Waals surface area contributed by atoms with Crippen LogP contribution in [-0.2, 0) is 6.54 Å². The average Bonchev–Trinajstić information content (AvgIpc) is 2.99. The van der Waals surface area contributed by atoms with Crippen molar-refractivity contribution in [1.29, 1.82) is 0 Å². The predicted octanol–water partition coefficient (Wildman–Crippen LogP) is 3.61. The third-order valence-electron chi connectivity index (χ3n) is 5.00. The molecule has 2 N–H and O–H groups in total. The van der Waals surface area contributed by atoms with Crippen LogP contribution in [0, 0.1) is 20.8 Å². The number of anilines is 1. The fraction of sp³-hybridized carbons (Fsp3) is 0.625. The van der Waals surface area contributed by atoms with Gasteiger partial charge in [-0.1, -0.05) is 12.8 Å². The van der Waals surface area contributed by atoms with Crippen LogP contribution in [0.1, 0.15) is 42.8 Å². The Morgan fingerprint density at radius 3 is 2.48 bits per heavy atom. The van der Waals surface area contributed by atoms with Gasteiger partial charge in [-0.3, -0.25) is 0 Å². The lowest BCUT2D eigenvalue weighted by atomic mass is 10.1. The molecule has 0 saturated heterocycles. The van der Waals surface area contributed by atoms with E-state index in [1.54, 1.807) is 0 Å². The van der Waals surface area contributed by atoms with Gasteiger partial charge in [-0.25, -0.2) is 9.97 Å². The van der Waals surface area contributed by atoms with E-state index in [4.69, 9.17) is 5.73 Å². The molecule has 0 atom stereocenters. The van der Waals surface area contributed by atoms with Crippen molar-refractivity contribution in [3.05, 3.63) is 17.1 Å². The SMILES string of the molecule is CSC1(Cn2c(C)c(C)c3c(N)nc(C)nc32)CCCC1. The molecule has 2 heterocycles. The smallest absolute Gasteiger partial charge is 0.146 e. The van der Waals surface area contributed by atoms with Crippen LogP contribution in [0.3, 0.4) is 0 Å². The summed E-state index contributed by atoms with van der Waals surface area (Å²) in [6.07, 6.45) is 7.52. The molecule has 21 heavy (non-hydrogen) atoms. The minimum absolute atomic E-state index is 0.358. The number of nitrogen functional groups attached to an aromatic ring is 1. The predicted molar refractivity (Wildman–Crippen MR) is 90.9 cm³/mol. The number of hydrogen-bond acceptors (Lipinski definition) is 4. The second kappa shape index (κ2) is 5.20. The number of aromatic nitrogens is 3. The highest BCUT2D eigenvalue weighted by Gasteiger charge is 2.34. The highest BCUT2D eigenvalue weighted by atomic mass is 32.2. The summed E-state index contributed by atoms with van der Waals surface area (Å²) in [6, 6.07) is 0. The molecule has 114 valence electrons. The average molecular weight is 304 g/mol. The molecule has 4 nitrogen and oxygen atoms in total. The van der Waals surface area contributed by atoms with Crippen molar-refractivity contribution < 1.29 is 0 Å². The lowest BCUT2D eigenvalue weighted by Crippen LogP contribution is -2.27. The molecule has 1 aliphatic carbocycles. The first-order valence-electron chi connectivity index (χ1n) is 7.62. The van der Waals surface area contributed by atoms with Crippen LogP contribution >= 0.6 is 11.8 Å². The van der Waals surface area contributed by atoms with Gasteiger partial charge in [-0.15, -0.1) is 0 Å². The Morgan fingerprint density at radius 2 is 1.86 bits per heavy atom. The zero-order valence-electron chi connectivity index (χ0n) is 13.4. The molecule has 5 heteroatoms. The molecular formula is C16H24N4S. The van der Waals surface area contributed by atoms with E-state index in [-0.39, 0.29) is 0 Å². The Labute approximate surface area is 130 Å². The number of thioether (sulfide) groups is 1. The topological polar surface area (TPSA) is 56.7 Å². The molecule has 0 aliphatic heterocycles. The molecule has 1 saturated carbocycles. The minimum atomic E-state index is 0.358. The summed E-state index contributed by atoms with van der Waals surface area (Å²) in [5.74, 6) is 1.37. The summed E-state index contributed by atoms with van der Waals surface area (Å²) in [5.41, 5.74) is 9.65. The lowest BCUT2D eigenvalue weighted by Gasteiger charge is -2.28. The zero-order valence-corrected chi connectivity index (χ0v) is 14.2. The van der Waals surface area contributed by atoms with Crippen molar-refractivity contribution in [3.63, 3.8) is 0 Å². The van der Waals surface area contributed by atoms with E-state index in [0.717, 1.165) is 23.4 Å². The second-order valence-corrected chi connectivity index (χ2v) is 7.52. The van der Waals surface area contributed by atoms with Crippen molar-refractivity contribution in [2.45, 2.75) is 57.7 Å². The number of nitrogens with zero attached hydrogens (tertiary/aromatic N) is 3. The summed E-state index contributed by atoms with van der Waals surface area (Å²) in [7, 11) is 0. The quantitative estimate of drug-likeness (QED) is 0.941. The molecule has 0 unspecified atom stereocenters. The van der Waals surface area contributed by atoms with E-state index in [9.17, 15) is 0 Å². The van der Waals surface area contributed by atoms with Gasteiger partial charge in [-0.05, 0) is 45.4 Å². The Bertz CT molecular complexity index is 683. The first kappa shape index (κ1) is 14.7. The highest BCUT2D eigenvalue weighted by molar-refractivity contribution is 8.00. The normalized spacial score (nSPS) is 17.7. The van der Waals surface area contributed by atoms with Gasteiger partial charge in [-0.2, -0.15) is 11.8 Å². The Hall–Kier alpha value is -1.23. The van der Waals surface area contributed by atoms with Gasteiger partial charge in [0.05, 0.1) is 5.39 Å².